The first kappa shape index (κ1) is 13.1. The Labute approximate surface area is 115 Å². The van der Waals surface area contributed by atoms with Crippen LogP contribution in [0.4, 0.5) is 8.78 Å². The maximum Gasteiger partial charge on any atom is 0.271 e. The summed E-state index contributed by atoms with van der Waals surface area (Å²) in [4.78, 5) is 13.7. The van der Waals surface area contributed by atoms with E-state index in [9.17, 15) is 13.6 Å². The summed E-state index contributed by atoms with van der Waals surface area (Å²) in [6.07, 6.45) is -0.864. The predicted octanol–water partition coefficient (Wildman–Crippen LogP) is 2.97. The third-order valence-corrected chi connectivity index (χ3v) is 4.14. The van der Waals surface area contributed by atoms with Gasteiger partial charge in [-0.1, -0.05) is 12.1 Å². The summed E-state index contributed by atoms with van der Waals surface area (Å²) < 4.78 is 30.8. The number of benzene rings is 1. The average molecular weight is 279 g/mol. The Morgan fingerprint density at radius 2 is 2.05 bits per heavy atom. The van der Waals surface area contributed by atoms with E-state index >= 15 is 0 Å². The molecule has 1 aromatic carbocycles. The summed E-state index contributed by atoms with van der Waals surface area (Å²) in [6, 6.07) is 6.90. The molecule has 2 fully saturated rings. The molecule has 1 aromatic rings. The fourth-order valence-corrected chi connectivity index (χ4v) is 3.11. The molecule has 1 aliphatic heterocycles. The lowest BCUT2D eigenvalue weighted by atomic mass is 10.0. The van der Waals surface area contributed by atoms with E-state index < -0.39 is 12.1 Å². The van der Waals surface area contributed by atoms with E-state index in [0.717, 1.165) is 11.3 Å². The highest BCUT2D eigenvalue weighted by molar-refractivity contribution is 5.84. The molecule has 106 valence electrons. The first-order valence-electron chi connectivity index (χ1n) is 6.57. The highest BCUT2D eigenvalue weighted by atomic mass is 19.3. The van der Waals surface area contributed by atoms with Gasteiger partial charge in [0, 0.05) is 18.0 Å². The quantitative estimate of drug-likeness (QED) is 0.851. The van der Waals surface area contributed by atoms with Gasteiger partial charge >= 0.3 is 0 Å². The summed E-state index contributed by atoms with van der Waals surface area (Å²) in [7, 11) is 1.58. The van der Waals surface area contributed by atoms with Gasteiger partial charge in [-0.15, -0.1) is 0 Å². The summed E-state index contributed by atoms with van der Waals surface area (Å²) in [5, 5.41) is 0. The maximum absolute atomic E-state index is 12.9. The number of hydrogen-bond acceptors (Lipinski definition) is 2. The second-order valence-corrected chi connectivity index (χ2v) is 5.25. The van der Waals surface area contributed by atoms with Crippen LogP contribution in [-0.4, -0.2) is 24.0 Å². The predicted molar refractivity (Wildman–Crippen MR) is 69.3 cm³/mol. The van der Waals surface area contributed by atoms with Gasteiger partial charge in [0.25, 0.3) is 6.08 Å². The second kappa shape index (κ2) is 4.89. The molecule has 0 aromatic heterocycles. The number of nitrogens with zero attached hydrogens (tertiary/aromatic N) is 1. The van der Waals surface area contributed by atoms with E-state index in [4.69, 9.17) is 4.74 Å². The van der Waals surface area contributed by atoms with Gasteiger partial charge in [-0.2, -0.15) is 8.78 Å². The van der Waals surface area contributed by atoms with E-state index in [0.29, 0.717) is 13.0 Å². The van der Waals surface area contributed by atoms with Crippen molar-refractivity contribution in [3.8, 4) is 5.75 Å². The third kappa shape index (κ3) is 2.07. The molecule has 1 saturated carbocycles. The van der Waals surface area contributed by atoms with Gasteiger partial charge in [0.1, 0.15) is 5.75 Å². The van der Waals surface area contributed by atoms with Crippen molar-refractivity contribution in [2.24, 2.45) is 5.92 Å². The van der Waals surface area contributed by atoms with Crippen molar-refractivity contribution >= 4 is 5.91 Å². The van der Waals surface area contributed by atoms with Crippen LogP contribution in [0.2, 0.25) is 0 Å². The monoisotopic (exact) mass is 279 g/mol. The third-order valence-electron chi connectivity index (χ3n) is 4.14. The van der Waals surface area contributed by atoms with Crippen LogP contribution >= 0.6 is 0 Å². The van der Waals surface area contributed by atoms with Crippen molar-refractivity contribution in [3.05, 3.63) is 41.5 Å². The minimum absolute atomic E-state index is 0.00387. The molecular formula is C15H15F2NO2. The van der Waals surface area contributed by atoms with Gasteiger partial charge in [-0.25, -0.2) is 0 Å². The van der Waals surface area contributed by atoms with E-state index in [1.54, 1.807) is 24.1 Å². The van der Waals surface area contributed by atoms with E-state index in [-0.39, 0.29) is 23.8 Å². The molecule has 1 aliphatic carbocycles. The number of likely N-dealkylation sites (tertiary alicyclic amines) is 1. The standard InChI is InChI=1S/C15H15F2NO2/c1-20-11-4-2-9(3-5-11)8-18-13-7-10(15(18)19)6-12(13)14(16)17/h2-5,10,13H,6-8H2,1H3. The van der Waals surface area contributed by atoms with Gasteiger partial charge in [0.2, 0.25) is 5.91 Å². The molecule has 2 aliphatic rings. The molecule has 1 heterocycles. The van der Waals surface area contributed by atoms with Crippen LogP contribution < -0.4 is 4.74 Å². The Bertz CT molecular complexity index is 564. The average Bonchev–Trinajstić information content (AvgIpc) is 3.00. The Balaban J connectivity index is 1.80. The molecule has 0 spiro atoms. The van der Waals surface area contributed by atoms with Crippen molar-refractivity contribution in [2.75, 3.05) is 7.11 Å². The summed E-state index contributed by atoms with van der Waals surface area (Å²) in [6.45, 7) is 0.376. The van der Waals surface area contributed by atoms with Crippen molar-refractivity contribution in [3.63, 3.8) is 0 Å². The smallest absolute Gasteiger partial charge is 0.271 e. The van der Waals surface area contributed by atoms with Crippen LogP contribution in [0.5, 0.6) is 5.75 Å². The van der Waals surface area contributed by atoms with Crippen LogP contribution in [0.3, 0.4) is 0 Å². The molecule has 3 rings (SSSR count). The molecule has 2 atom stereocenters. The van der Waals surface area contributed by atoms with Crippen LogP contribution in [0.1, 0.15) is 18.4 Å². The van der Waals surface area contributed by atoms with Crippen LogP contribution in [-0.2, 0) is 11.3 Å². The van der Waals surface area contributed by atoms with Crippen LogP contribution in [0.15, 0.2) is 35.9 Å². The highest BCUT2D eigenvalue weighted by Crippen LogP contribution is 2.44. The molecule has 1 saturated heterocycles. The van der Waals surface area contributed by atoms with Crippen molar-refractivity contribution < 1.29 is 18.3 Å². The lowest BCUT2D eigenvalue weighted by Gasteiger charge is -2.28. The van der Waals surface area contributed by atoms with Gasteiger partial charge in [-0.3, -0.25) is 4.79 Å². The molecule has 20 heavy (non-hydrogen) atoms. The Hall–Kier alpha value is -1.91. The number of methoxy groups -OCH3 is 1. The highest BCUT2D eigenvalue weighted by Gasteiger charge is 2.49. The number of halogens is 2. The maximum atomic E-state index is 12.9. The zero-order chi connectivity index (χ0) is 14.3. The van der Waals surface area contributed by atoms with E-state index in [2.05, 4.69) is 0 Å². The van der Waals surface area contributed by atoms with Crippen molar-refractivity contribution in [2.45, 2.75) is 25.4 Å². The first-order chi connectivity index (χ1) is 9.60. The van der Waals surface area contributed by atoms with Gasteiger partial charge in [0.15, 0.2) is 0 Å². The molecule has 0 N–H and O–H groups in total. The molecule has 3 nitrogen and oxygen atoms in total. The van der Waals surface area contributed by atoms with Crippen LogP contribution in [0, 0.1) is 5.92 Å². The molecular weight excluding hydrogens is 264 g/mol. The Morgan fingerprint density at radius 1 is 1.35 bits per heavy atom. The summed E-state index contributed by atoms with van der Waals surface area (Å²) >= 11 is 0. The molecule has 1 amide bonds. The number of carbonyl (C=O) groups is 1. The fourth-order valence-electron chi connectivity index (χ4n) is 3.11. The zero-order valence-electron chi connectivity index (χ0n) is 11.1. The van der Waals surface area contributed by atoms with Crippen LogP contribution in [0.25, 0.3) is 0 Å². The molecule has 0 radical (unpaired) electrons. The lowest BCUT2D eigenvalue weighted by Crippen LogP contribution is -2.37. The number of piperidine rings is 1. The minimum Gasteiger partial charge on any atom is -0.497 e. The first-order valence-corrected chi connectivity index (χ1v) is 6.57. The van der Waals surface area contributed by atoms with Gasteiger partial charge < -0.3 is 9.64 Å². The number of fused-ring (bicyclic) bond motifs is 2. The zero-order valence-corrected chi connectivity index (χ0v) is 11.1. The number of rotatable bonds is 3. The SMILES string of the molecule is COc1ccc(CN2C(=O)C3CC(=C(F)F)C2C3)cc1. The second-order valence-electron chi connectivity index (χ2n) is 5.25. The van der Waals surface area contributed by atoms with Gasteiger partial charge in [-0.05, 0) is 30.5 Å². The molecule has 2 bridgehead atoms. The van der Waals surface area contributed by atoms with E-state index in [1.165, 1.54) is 0 Å². The summed E-state index contributed by atoms with van der Waals surface area (Å²) in [5.74, 6) is 0.476. The topological polar surface area (TPSA) is 29.5 Å². The van der Waals surface area contributed by atoms with Crippen molar-refractivity contribution in [1.82, 2.24) is 4.90 Å². The van der Waals surface area contributed by atoms with E-state index in [1.807, 2.05) is 12.1 Å². The Morgan fingerprint density at radius 3 is 2.60 bits per heavy atom. The number of amides is 1. The number of hydrogen-bond donors (Lipinski definition) is 0. The fraction of sp³-hybridized carbons (Fsp3) is 0.400. The number of ether oxygens (including phenoxy) is 1. The largest absolute Gasteiger partial charge is 0.497 e. The molecule has 2 unspecified atom stereocenters. The molecule has 5 heteroatoms. The van der Waals surface area contributed by atoms with Crippen molar-refractivity contribution in [1.29, 1.82) is 0 Å². The lowest BCUT2D eigenvalue weighted by molar-refractivity contribution is -0.133. The number of carbonyl (C=O) groups excluding carboxylic acids is 1. The normalized spacial score (nSPS) is 24.4. The Kier molecular flexibility index (Phi) is 3.20. The summed E-state index contributed by atoms with van der Waals surface area (Å²) in [5.41, 5.74) is 1.06. The van der Waals surface area contributed by atoms with Gasteiger partial charge in [0.05, 0.1) is 13.2 Å². The minimum atomic E-state index is -1.62.